The third kappa shape index (κ3) is 8.20. The maximum absolute atomic E-state index is 12.4. The van der Waals surface area contributed by atoms with Gasteiger partial charge in [0.2, 0.25) is 5.89 Å². The molecule has 0 aliphatic carbocycles. The number of benzene rings is 2. The number of carbonyl (C=O) groups is 1. The average Bonchev–Trinajstić information content (AvgIpc) is 3.30. The van der Waals surface area contributed by atoms with Gasteiger partial charge in [0.1, 0.15) is 6.26 Å². The summed E-state index contributed by atoms with van der Waals surface area (Å²) in [5, 5.41) is 9.51. The molecule has 3 N–H and O–H groups in total. The standard InChI is InChI=1S/C25H31N5O2.HI/c1-4-18(3)29-23(31)21-13-9-10-19(14-21)15-27-25(26-5-2)28-16-22-17-32-24(30-22)20-11-7-6-8-12-20;/h6-14,17-18H,4-5,15-16H2,1-3H3,(H,29,31)(H2,26,27,28);1H. The average molecular weight is 561 g/mol. The summed E-state index contributed by atoms with van der Waals surface area (Å²) < 4.78 is 5.59. The Hall–Kier alpha value is -2.88. The van der Waals surface area contributed by atoms with Crippen LogP contribution in [0.15, 0.2) is 70.3 Å². The fourth-order valence-electron chi connectivity index (χ4n) is 3.01. The van der Waals surface area contributed by atoms with Crippen LogP contribution in [0.2, 0.25) is 0 Å². The molecule has 0 bridgehead atoms. The van der Waals surface area contributed by atoms with Gasteiger partial charge < -0.3 is 20.4 Å². The van der Waals surface area contributed by atoms with Crippen LogP contribution in [0.3, 0.4) is 0 Å². The smallest absolute Gasteiger partial charge is 0.251 e. The van der Waals surface area contributed by atoms with E-state index in [9.17, 15) is 4.79 Å². The third-order valence-electron chi connectivity index (χ3n) is 4.95. The van der Waals surface area contributed by atoms with Crippen molar-refractivity contribution in [3.63, 3.8) is 0 Å². The van der Waals surface area contributed by atoms with Crippen LogP contribution in [0.5, 0.6) is 0 Å². The predicted octanol–water partition coefficient (Wildman–Crippen LogP) is 4.74. The number of guanidine groups is 1. The minimum Gasteiger partial charge on any atom is -0.444 e. The first kappa shape index (κ1) is 26.4. The Kier molecular flexibility index (Phi) is 10.9. The van der Waals surface area contributed by atoms with Crippen molar-refractivity contribution in [3.8, 4) is 11.5 Å². The van der Waals surface area contributed by atoms with Crippen LogP contribution in [0.4, 0.5) is 0 Å². The Morgan fingerprint density at radius 1 is 1.09 bits per heavy atom. The molecule has 1 aromatic heterocycles. The third-order valence-corrected chi connectivity index (χ3v) is 4.95. The van der Waals surface area contributed by atoms with Gasteiger partial charge in [-0.1, -0.05) is 37.3 Å². The summed E-state index contributed by atoms with van der Waals surface area (Å²) in [7, 11) is 0. The second-order valence-electron chi connectivity index (χ2n) is 7.54. The van der Waals surface area contributed by atoms with Gasteiger partial charge in [0.05, 0.1) is 18.8 Å². The highest BCUT2D eigenvalue weighted by Gasteiger charge is 2.10. The molecule has 0 aliphatic rings. The molecule has 1 amide bonds. The summed E-state index contributed by atoms with van der Waals surface area (Å²) in [4.78, 5) is 21.6. The number of rotatable bonds is 9. The SMILES string of the molecule is CCNC(=NCc1cccc(C(=O)NC(C)CC)c1)NCc1coc(-c2ccccc2)n1.I. The van der Waals surface area contributed by atoms with Crippen LogP contribution in [0.1, 0.15) is 48.8 Å². The van der Waals surface area contributed by atoms with Crippen LogP contribution in [0.25, 0.3) is 11.5 Å². The highest BCUT2D eigenvalue weighted by molar-refractivity contribution is 14.0. The Bertz CT molecular complexity index is 1040. The maximum atomic E-state index is 12.4. The Labute approximate surface area is 212 Å². The highest BCUT2D eigenvalue weighted by Crippen LogP contribution is 2.17. The van der Waals surface area contributed by atoms with Gasteiger partial charge in [-0.2, -0.15) is 0 Å². The molecule has 3 rings (SSSR count). The Morgan fingerprint density at radius 2 is 1.88 bits per heavy atom. The van der Waals surface area contributed by atoms with Gasteiger partial charge in [-0.25, -0.2) is 9.98 Å². The fourth-order valence-corrected chi connectivity index (χ4v) is 3.01. The van der Waals surface area contributed by atoms with E-state index in [0.717, 1.165) is 29.8 Å². The van der Waals surface area contributed by atoms with Crippen LogP contribution in [0, 0.1) is 0 Å². The van der Waals surface area contributed by atoms with E-state index in [2.05, 4.69) is 25.9 Å². The number of carbonyl (C=O) groups excluding carboxylic acids is 1. The number of aliphatic imine (C=N–C) groups is 1. The Balaban J connectivity index is 0.00000385. The molecule has 0 radical (unpaired) electrons. The summed E-state index contributed by atoms with van der Waals surface area (Å²) in [5.41, 5.74) is 3.34. The number of halogens is 1. The van der Waals surface area contributed by atoms with Crippen molar-refractivity contribution < 1.29 is 9.21 Å². The molecule has 8 heteroatoms. The monoisotopic (exact) mass is 561 g/mol. The molecule has 3 aromatic rings. The zero-order valence-electron chi connectivity index (χ0n) is 19.3. The van der Waals surface area contributed by atoms with Crippen LogP contribution >= 0.6 is 24.0 Å². The molecule has 7 nitrogen and oxygen atoms in total. The van der Waals surface area contributed by atoms with Gasteiger partial charge in [0, 0.05) is 23.7 Å². The van der Waals surface area contributed by atoms with Crippen LogP contribution in [-0.4, -0.2) is 29.4 Å². The second-order valence-corrected chi connectivity index (χ2v) is 7.54. The summed E-state index contributed by atoms with van der Waals surface area (Å²) in [5.74, 6) is 1.21. The largest absolute Gasteiger partial charge is 0.444 e. The van der Waals surface area contributed by atoms with E-state index in [1.807, 2.05) is 75.4 Å². The van der Waals surface area contributed by atoms with E-state index in [1.165, 1.54) is 0 Å². The molecular weight excluding hydrogens is 529 g/mol. The lowest BCUT2D eigenvalue weighted by Gasteiger charge is -2.12. The molecule has 176 valence electrons. The molecule has 2 aromatic carbocycles. The van der Waals surface area contributed by atoms with Gasteiger partial charge in [0.25, 0.3) is 5.91 Å². The molecule has 0 saturated carbocycles. The minimum absolute atomic E-state index is 0. The first-order valence-corrected chi connectivity index (χ1v) is 11.0. The van der Waals surface area contributed by atoms with E-state index in [1.54, 1.807) is 6.26 Å². The summed E-state index contributed by atoms with van der Waals surface area (Å²) >= 11 is 0. The van der Waals surface area contributed by atoms with E-state index in [0.29, 0.717) is 30.5 Å². The van der Waals surface area contributed by atoms with Gasteiger partial charge in [-0.3, -0.25) is 4.79 Å². The lowest BCUT2D eigenvalue weighted by Crippen LogP contribution is -2.36. The zero-order valence-corrected chi connectivity index (χ0v) is 21.6. The summed E-state index contributed by atoms with van der Waals surface area (Å²) in [6.45, 7) is 7.73. The molecule has 1 atom stereocenters. The molecule has 1 heterocycles. The van der Waals surface area contributed by atoms with E-state index < -0.39 is 0 Å². The lowest BCUT2D eigenvalue weighted by molar-refractivity contribution is 0.0939. The van der Waals surface area contributed by atoms with Crippen molar-refractivity contribution in [1.29, 1.82) is 0 Å². The van der Waals surface area contributed by atoms with E-state index in [4.69, 9.17) is 4.42 Å². The predicted molar refractivity (Wildman–Crippen MR) is 143 cm³/mol. The Morgan fingerprint density at radius 3 is 2.61 bits per heavy atom. The van der Waals surface area contributed by atoms with Gasteiger partial charge in [0.15, 0.2) is 5.96 Å². The van der Waals surface area contributed by atoms with Crippen LogP contribution < -0.4 is 16.0 Å². The lowest BCUT2D eigenvalue weighted by atomic mass is 10.1. The number of aromatic nitrogens is 1. The summed E-state index contributed by atoms with van der Waals surface area (Å²) in [6.07, 6.45) is 2.55. The molecule has 0 aliphatic heterocycles. The number of nitrogens with zero attached hydrogens (tertiary/aromatic N) is 2. The topological polar surface area (TPSA) is 91.5 Å². The van der Waals surface area contributed by atoms with Gasteiger partial charge in [-0.15, -0.1) is 24.0 Å². The molecule has 0 fully saturated rings. The number of amides is 1. The van der Waals surface area contributed by atoms with Gasteiger partial charge >= 0.3 is 0 Å². The minimum atomic E-state index is -0.0598. The first-order valence-electron chi connectivity index (χ1n) is 11.0. The maximum Gasteiger partial charge on any atom is 0.251 e. The molecule has 1 unspecified atom stereocenters. The number of oxazole rings is 1. The normalized spacial score (nSPS) is 11.9. The van der Waals surface area contributed by atoms with E-state index in [-0.39, 0.29) is 35.9 Å². The van der Waals surface area contributed by atoms with Crippen molar-refractivity contribution in [3.05, 3.63) is 77.7 Å². The number of hydrogen-bond donors (Lipinski definition) is 3. The first-order chi connectivity index (χ1) is 15.6. The van der Waals surface area contributed by atoms with Crippen molar-refractivity contribution in [2.45, 2.75) is 46.3 Å². The van der Waals surface area contributed by atoms with Crippen molar-refractivity contribution >= 4 is 35.8 Å². The van der Waals surface area contributed by atoms with Crippen molar-refractivity contribution in [2.24, 2.45) is 4.99 Å². The van der Waals surface area contributed by atoms with Crippen LogP contribution in [-0.2, 0) is 13.1 Å². The second kappa shape index (κ2) is 13.6. The highest BCUT2D eigenvalue weighted by atomic mass is 127. The number of hydrogen-bond acceptors (Lipinski definition) is 4. The summed E-state index contributed by atoms with van der Waals surface area (Å²) in [6, 6.07) is 17.5. The quantitative estimate of drug-likeness (QED) is 0.200. The molecule has 33 heavy (non-hydrogen) atoms. The molecule has 0 saturated heterocycles. The van der Waals surface area contributed by atoms with Crippen molar-refractivity contribution in [1.82, 2.24) is 20.9 Å². The molecular formula is C25H32IN5O2. The van der Waals surface area contributed by atoms with E-state index >= 15 is 0 Å². The molecule has 0 spiro atoms. The fraction of sp³-hybridized carbons (Fsp3) is 0.320. The van der Waals surface area contributed by atoms with Gasteiger partial charge in [-0.05, 0) is 50.1 Å². The van der Waals surface area contributed by atoms with Crippen molar-refractivity contribution in [2.75, 3.05) is 6.54 Å². The zero-order chi connectivity index (χ0) is 22.8. The number of nitrogens with one attached hydrogen (secondary N) is 3.